The van der Waals surface area contributed by atoms with Crippen molar-refractivity contribution in [3.8, 4) is 0 Å². The standard InChI is InChI=1S/C22H24FNO2/c23-19-9-5-4-8-18(19)22(10-11-22)21(26)24-20(16-13-17(25)14-16)12-15-6-2-1-3-7-15/h1-9,16-17,20,25H,10-14H2,(H,24,26)/t16?,17?,20-/m0/s1. The number of nitrogens with one attached hydrogen (secondary N) is 1. The van der Waals surface area contributed by atoms with Gasteiger partial charge in [-0.25, -0.2) is 4.39 Å². The lowest BCUT2D eigenvalue weighted by molar-refractivity contribution is -0.125. The highest BCUT2D eigenvalue weighted by Gasteiger charge is 2.53. The van der Waals surface area contributed by atoms with E-state index in [0.717, 1.165) is 12.0 Å². The van der Waals surface area contributed by atoms with Gasteiger partial charge in [-0.15, -0.1) is 0 Å². The number of halogens is 1. The Morgan fingerprint density at radius 1 is 1.12 bits per heavy atom. The third kappa shape index (κ3) is 3.26. The first kappa shape index (κ1) is 17.2. The molecule has 0 spiro atoms. The van der Waals surface area contributed by atoms with Crippen LogP contribution < -0.4 is 5.32 Å². The Morgan fingerprint density at radius 3 is 2.38 bits per heavy atom. The van der Waals surface area contributed by atoms with Gasteiger partial charge in [-0.1, -0.05) is 48.5 Å². The first-order chi connectivity index (χ1) is 12.6. The van der Waals surface area contributed by atoms with E-state index in [9.17, 15) is 14.3 Å². The predicted molar refractivity (Wildman–Crippen MR) is 98.1 cm³/mol. The van der Waals surface area contributed by atoms with Crippen LogP contribution in [0.1, 0.15) is 36.8 Å². The highest BCUT2D eigenvalue weighted by Crippen LogP contribution is 2.49. The summed E-state index contributed by atoms with van der Waals surface area (Å²) in [6.07, 6.45) is 3.26. The van der Waals surface area contributed by atoms with E-state index in [1.807, 2.05) is 18.2 Å². The fourth-order valence-corrected chi connectivity index (χ4v) is 4.06. The topological polar surface area (TPSA) is 49.3 Å². The molecule has 0 radical (unpaired) electrons. The number of amides is 1. The van der Waals surface area contributed by atoms with Crippen LogP contribution in [0.3, 0.4) is 0 Å². The largest absolute Gasteiger partial charge is 0.393 e. The van der Waals surface area contributed by atoms with Gasteiger partial charge in [0.15, 0.2) is 0 Å². The number of carbonyl (C=O) groups excluding carboxylic acids is 1. The van der Waals surface area contributed by atoms with Crippen LogP contribution in [-0.2, 0) is 16.6 Å². The number of hydrogen-bond acceptors (Lipinski definition) is 2. The average Bonchev–Trinajstić information content (AvgIpc) is 3.41. The molecule has 2 saturated carbocycles. The fourth-order valence-electron chi connectivity index (χ4n) is 4.06. The summed E-state index contributed by atoms with van der Waals surface area (Å²) in [7, 11) is 0. The highest BCUT2D eigenvalue weighted by molar-refractivity contribution is 5.91. The normalized spacial score (nSPS) is 24.4. The van der Waals surface area contributed by atoms with Gasteiger partial charge in [0.25, 0.3) is 0 Å². The molecule has 2 aliphatic rings. The molecule has 2 fully saturated rings. The summed E-state index contributed by atoms with van der Waals surface area (Å²) in [6, 6.07) is 16.6. The number of benzene rings is 2. The van der Waals surface area contributed by atoms with Crippen LogP contribution >= 0.6 is 0 Å². The highest BCUT2D eigenvalue weighted by atomic mass is 19.1. The molecule has 0 unspecified atom stereocenters. The molecule has 26 heavy (non-hydrogen) atoms. The zero-order valence-electron chi connectivity index (χ0n) is 14.7. The molecule has 0 bridgehead atoms. The second kappa shape index (κ2) is 6.84. The molecule has 0 heterocycles. The lowest BCUT2D eigenvalue weighted by Gasteiger charge is -2.39. The molecule has 4 rings (SSSR count). The van der Waals surface area contributed by atoms with Gasteiger partial charge in [0.1, 0.15) is 5.82 Å². The second-order valence-electron chi connectivity index (χ2n) is 7.72. The summed E-state index contributed by atoms with van der Waals surface area (Å²) in [6.45, 7) is 0. The number of carbonyl (C=O) groups is 1. The van der Waals surface area contributed by atoms with E-state index in [1.165, 1.54) is 6.07 Å². The third-order valence-electron chi connectivity index (χ3n) is 5.91. The van der Waals surface area contributed by atoms with E-state index >= 15 is 0 Å². The van der Waals surface area contributed by atoms with Crippen molar-refractivity contribution in [1.29, 1.82) is 0 Å². The van der Waals surface area contributed by atoms with Gasteiger partial charge in [-0.2, -0.15) is 0 Å². The van der Waals surface area contributed by atoms with E-state index in [-0.39, 0.29) is 29.8 Å². The Bertz CT molecular complexity index is 782. The van der Waals surface area contributed by atoms with Crippen LogP contribution in [0.25, 0.3) is 0 Å². The van der Waals surface area contributed by atoms with Gasteiger partial charge in [-0.05, 0) is 49.7 Å². The maximum Gasteiger partial charge on any atom is 0.231 e. The van der Waals surface area contributed by atoms with Crippen LogP contribution in [-0.4, -0.2) is 23.2 Å². The van der Waals surface area contributed by atoms with Crippen molar-refractivity contribution in [1.82, 2.24) is 5.32 Å². The first-order valence-corrected chi connectivity index (χ1v) is 9.36. The van der Waals surface area contributed by atoms with Crippen LogP contribution in [0.15, 0.2) is 54.6 Å². The SMILES string of the molecule is O=C(N[C@@H](Cc1ccccc1)C1CC(O)C1)C1(c2ccccc2F)CC1. The van der Waals surface area contributed by atoms with E-state index in [1.54, 1.807) is 18.2 Å². The molecule has 2 aliphatic carbocycles. The Labute approximate surface area is 153 Å². The van der Waals surface area contributed by atoms with Gasteiger partial charge in [-0.3, -0.25) is 4.79 Å². The fraction of sp³-hybridized carbons (Fsp3) is 0.409. The monoisotopic (exact) mass is 353 g/mol. The van der Waals surface area contributed by atoms with Crippen LogP contribution in [0, 0.1) is 11.7 Å². The molecule has 1 amide bonds. The average molecular weight is 353 g/mol. The smallest absolute Gasteiger partial charge is 0.231 e. The third-order valence-corrected chi connectivity index (χ3v) is 5.91. The summed E-state index contributed by atoms with van der Waals surface area (Å²) in [5, 5.41) is 12.9. The quantitative estimate of drug-likeness (QED) is 0.837. The van der Waals surface area contributed by atoms with Crippen LogP contribution in [0.2, 0.25) is 0 Å². The Balaban J connectivity index is 1.52. The molecule has 2 aromatic rings. The van der Waals surface area contributed by atoms with Gasteiger partial charge in [0.05, 0.1) is 11.5 Å². The van der Waals surface area contributed by atoms with Crippen molar-refractivity contribution in [3.63, 3.8) is 0 Å². The first-order valence-electron chi connectivity index (χ1n) is 9.36. The molecular formula is C22H24FNO2. The van der Waals surface area contributed by atoms with Crippen LogP contribution in [0.4, 0.5) is 4.39 Å². The number of aliphatic hydroxyl groups is 1. The molecule has 0 saturated heterocycles. The molecule has 2 aromatic carbocycles. The van der Waals surface area contributed by atoms with Crippen molar-refractivity contribution in [2.75, 3.05) is 0 Å². The second-order valence-corrected chi connectivity index (χ2v) is 7.72. The van der Waals surface area contributed by atoms with Crippen molar-refractivity contribution in [2.45, 2.75) is 49.7 Å². The van der Waals surface area contributed by atoms with Gasteiger partial charge >= 0.3 is 0 Å². The van der Waals surface area contributed by atoms with Crippen LogP contribution in [0.5, 0.6) is 0 Å². The summed E-state index contributed by atoms with van der Waals surface area (Å²) in [5.74, 6) is -0.116. The maximum absolute atomic E-state index is 14.2. The summed E-state index contributed by atoms with van der Waals surface area (Å²) >= 11 is 0. The Hall–Kier alpha value is -2.20. The minimum atomic E-state index is -0.720. The minimum Gasteiger partial charge on any atom is -0.393 e. The maximum atomic E-state index is 14.2. The molecule has 4 heteroatoms. The van der Waals surface area contributed by atoms with E-state index in [0.29, 0.717) is 31.2 Å². The predicted octanol–water partition coefficient (Wildman–Crippen LogP) is 3.36. The van der Waals surface area contributed by atoms with E-state index < -0.39 is 5.41 Å². The number of aliphatic hydroxyl groups excluding tert-OH is 1. The molecular weight excluding hydrogens is 329 g/mol. The zero-order valence-corrected chi connectivity index (χ0v) is 14.7. The zero-order chi connectivity index (χ0) is 18.1. The molecule has 3 nitrogen and oxygen atoms in total. The van der Waals surface area contributed by atoms with Gasteiger partial charge < -0.3 is 10.4 Å². The van der Waals surface area contributed by atoms with Gasteiger partial charge in [0, 0.05) is 11.6 Å². The lowest BCUT2D eigenvalue weighted by Crippen LogP contribution is -2.51. The molecule has 1 atom stereocenters. The molecule has 0 aromatic heterocycles. The van der Waals surface area contributed by atoms with Crippen molar-refractivity contribution in [3.05, 3.63) is 71.5 Å². The van der Waals surface area contributed by atoms with Crippen molar-refractivity contribution < 1.29 is 14.3 Å². The lowest BCUT2D eigenvalue weighted by atomic mass is 9.75. The summed E-state index contributed by atoms with van der Waals surface area (Å²) in [5.41, 5.74) is 0.947. The molecule has 136 valence electrons. The minimum absolute atomic E-state index is 0.0300. The van der Waals surface area contributed by atoms with E-state index in [4.69, 9.17) is 0 Å². The Morgan fingerprint density at radius 2 is 1.77 bits per heavy atom. The van der Waals surface area contributed by atoms with Crippen molar-refractivity contribution >= 4 is 5.91 Å². The molecule has 2 N–H and O–H groups in total. The van der Waals surface area contributed by atoms with E-state index in [2.05, 4.69) is 17.4 Å². The summed E-state index contributed by atoms with van der Waals surface area (Å²) < 4.78 is 14.2. The number of rotatable bonds is 6. The Kier molecular flexibility index (Phi) is 4.53. The van der Waals surface area contributed by atoms with Crippen molar-refractivity contribution in [2.24, 2.45) is 5.92 Å². The number of hydrogen-bond donors (Lipinski definition) is 2. The summed E-state index contributed by atoms with van der Waals surface area (Å²) in [4.78, 5) is 13.1. The molecule has 0 aliphatic heterocycles. The van der Waals surface area contributed by atoms with Gasteiger partial charge in [0.2, 0.25) is 5.91 Å².